The minimum atomic E-state index is -3.92. The summed E-state index contributed by atoms with van der Waals surface area (Å²) in [7, 11) is -3.92. The molecule has 1 aliphatic heterocycles. The van der Waals surface area contributed by atoms with E-state index in [1.165, 1.54) is 30.5 Å². The third kappa shape index (κ3) is 5.08. The summed E-state index contributed by atoms with van der Waals surface area (Å²) in [5, 5.41) is 2.62. The molecule has 0 atom stereocenters. The Balaban J connectivity index is 1.44. The van der Waals surface area contributed by atoms with Crippen LogP contribution in [0, 0.1) is 6.92 Å². The fourth-order valence-electron chi connectivity index (χ4n) is 3.28. The quantitative estimate of drug-likeness (QED) is 0.459. The van der Waals surface area contributed by atoms with E-state index in [4.69, 9.17) is 11.6 Å². The van der Waals surface area contributed by atoms with E-state index in [1.807, 2.05) is 30.3 Å². The molecule has 2 amide bonds. The van der Waals surface area contributed by atoms with Crippen molar-refractivity contribution in [1.82, 2.24) is 14.9 Å². The van der Waals surface area contributed by atoms with Gasteiger partial charge in [0.25, 0.3) is 21.8 Å². The van der Waals surface area contributed by atoms with Crippen molar-refractivity contribution in [2.24, 2.45) is 0 Å². The van der Waals surface area contributed by atoms with Gasteiger partial charge in [0.1, 0.15) is 10.7 Å². The first-order valence-corrected chi connectivity index (χ1v) is 12.1. The SMILES string of the molecule is Cc1ccnc(NS(=O)(=O)c2ccc(NC3=C(Cl)C(=O)N(CCc4ccccc4)C3=O)cc2)n1. The molecule has 1 aromatic heterocycles. The maximum atomic E-state index is 12.8. The zero-order valence-corrected chi connectivity index (χ0v) is 19.6. The predicted molar refractivity (Wildman–Crippen MR) is 127 cm³/mol. The van der Waals surface area contributed by atoms with Crippen molar-refractivity contribution in [3.05, 3.63) is 88.8 Å². The van der Waals surface area contributed by atoms with Gasteiger partial charge in [-0.1, -0.05) is 41.9 Å². The molecule has 2 heterocycles. The van der Waals surface area contributed by atoms with Crippen LogP contribution in [0.1, 0.15) is 11.3 Å². The Hall–Kier alpha value is -3.76. The summed E-state index contributed by atoms with van der Waals surface area (Å²) in [6, 6.07) is 16.8. The summed E-state index contributed by atoms with van der Waals surface area (Å²) in [6.07, 6.45) is 1.95. The summed E-state index contributed by atoms with van der Waals surface area (Å²) < 4.78 is 27.5. The summed E-state index contributed by atoms with van der Waals surface area (Å²) in [6.45, 7) is 1.91. The predicted octanol–water partition coefficient (Wildman–Crippen LogP) is 3.06. The molecule has 0 spiro atoms. The number of nitrogens with one attached hydrogen (secondary N) is 2. The largest absolute Gasteiger partial charge is 0.350 e. The molecule has 2 aromatic carbocycles. The molecular weight excluding hydrogens is 478 g/mol. The number of anilines is 2. The van der Waals surface area contributed by atoms with E-state index >= 15 is 0 Å². The zero-order valence-electron chi connectivity index (χ0n) is 18.0. The monoisotopic (exact) mass is 497 g/mol. The average molecular weight is 498 g/mol. The second-order valence-electron chi connectivity index (χ2n) is 7.46. The van der Waals surface area contributed by atoms with Gasteiger partial charge in [0.05, 0.1) is 4.90 Å². The van der Waals surface area contributed by atoms with E-state index in [1.54, 1.807) is 13.0 Å². The van der Waals surface area contributed by atoms with E-state index in [0.717, 1.165) is 10.5 Å². The van der Waals surface area contributed by atoms with Crippen molar-refractivity contribution in [2.75, 3.05) is 16.6 Å². The number of benzene rings is 2. The van der Waals surface area contributed by atoms with E-state index in [0.29, 0.717) is 17.8 Å². The van der Waals surface area contributed by atoms with Gasteiger partial charge in [0.15, 0.2) is 0 Å². The van der Waals surface area contributed by atoms with Crippen LogP contribution in [-0.2, 0) is 26.0 Å². The zero-order chi connectivity index (χ0) is 24.3. The Morgan fingerprint density at radius 3 is 2.35 bits per heavy atom. The first-order chi connectivity index (χ1) is 16.2. The Morgan fingerprint density at radius 2 is 1.68 bits per heavy atom. The Morgan fingerprint density at radius 1 is 0.971 bits per heavy atom. The fourth-order valence-corrected chi connectivity index (χ4v) is 4.46. The second kappa shape index (κ2) is 9.62. The number of hydrogen-bond donors (Lipinski definition) is 2. The average Bonchev–Trinajstić information content (AvgIpc) is 3.01. The van der Waals surface area contributed by atoms with Crippen molar-refractivity contribution in [1.29, 1.82) is 0 Å². The van der Waals surface area contributed by atoms with Gasteiger partial charge in [-0.3, -0.25) is 14.5 Å². The van der Waals surface area contributed by atoms with Gasteiger partial charge in [-0.2, -0.15) is 0 Å². The van der Waals surface area contributed by atoms with Crippen LogP contribution in [0.4, 0.5) is 11.6 Å². The van der Waals surface area contributed by atoms with Crippen molar-refractivity contribution in [3.8, 4) is 0 Å². The number of imide groups is 1. The molecule has 2 N–H and O–H groups in total. The lowest BCUT2D eigenvalue weighted by molar-refractivity contribution is -0.137. The van der Waals surface area contributed by atoms with Crippen LogP contribution in [0.2, 0.25) is 0 Å². The van der Waals surface area contributed by atoms with Crippen molar-refractivity contribution in [2.45, 2.75) is 18.2 Å². The molecule has 3 aromatic rings. The lowest BCUT2D eigenvalue weighted by atomic mass is 10.1. The molecule has 4 rings (SSSR count). The number of carbonyl (C=O) groups excluding carboxylic acids is 2. The van der Waals surface area contributed by atoms with Gasteiger partial charge in [-0.15, -0.1) is 0 Å². The van der Waals surface area contributed by atoms with E-state index < -0.39 is 21.8 Å². The first kappa shape index (κ1) is 23.4. The Labute approximate surface area is 201 Å². The molecule has 9 nitrogen and oxygen atoms in total. The molecule has 11 heteroatoms. The van der Waals surface area contributed by atoms with E-state index in [2.05, 4.69) is 20.0 Å². The number of carbonyl (C=O) groups is 2. The van der Waals surface area contributed by atoms with Gasteiger partial charge in [-0.05, 0) is 49.2 Å². The lowest BCUT2D eigenvalue weighted by Crippen LogP contribution is -2.34. The first-order valence-electron chi connectivity index (χ1n) is 10.2. The molecule has 0 saturated heterocycles. The molecule has 0 saturated carbocycles. The number of sulfonamides is 1. The van der Waals surface area contributed by atoms with E-state index in [-0.39, 0.29) is 28.1 Å². The van der Waals surface area contributed by atoms with Crippen LogP contribution >= 0.6 is 11.6 Å². The van der Waals surface area contributed by atoms with Crippen LogP contribution in [0.25, 0.3) is 0 Å². The van der Waals surface area contributed by atoms with Gasteiger partial charge in [0, 0.05) is 24.1 Å². The number of amides is 2. The standard InChI is InChI=1S/C23H20ClN5O4S/c1-15-11-13-25-23(26-15)28-34(32,33)18-9-7-17(8-10-18)27-20-19(24)21(30)29(22(20)31)14-12-16-5-3-2-4-6-16/h2-11,13,27H,12,14H2,1H3,(H,25,26,28). The third-order valence-electron chi connectivity index (χ3n) is 5.03. The second-order valence-corrected chi connectivity index (χ2v) is 9.52. The summed E-state index contributed by atoms with van der Waals surface area (Å²) in [5.41, 5.74) is 1.94. The molecule has 34 heavy (non-hydrogen) atoms. The molecule has 0 aliphatic carbocycles. The number of aromatic nitrogens is 2. The smallest absolute Gasteiger partial charge is 0.278 e. The van der Waals surface area contributed by atoms with Crippen LogP contribution < -0.4 is 10.0 Å². The normalized spacial score (nSPS) is 14.0. The molecular formula is C23H20ClN5O4S. The van der Waals surface area contributed by atoms with Gasteiger partial charge >= 0.3 is 0 Å². The van der Waals surface area contributed by atoms with Crippen LogP contribution in [0.5, 0.6) is 0 Å². The minimum absolute atomic E-state index is 0.0263. The minimum Gasteiger partial charge on any atom is -0.350 e. The highest BCUT2D eigenvalue weighted by Crippen LogP contribution is 2.26. The molecule has 0 unspecified atom stereocenters. The highest BCUT2D eigenvalue weighted by Gasteiger charge is 2.37. The molecule has 174 valence electrons. The number of hydrogen-bond acceptors (Lipinski definition) is 7. The summed E-state index contributed by atoms with van der Waals surface area (Å²) in [5.74, 6) is -1.16. The molecule has 0 bridgehead atoms. The number of nitrogens with zero attached hydrogens (tertiary/aromatic N) is 3. The number of rotatable bonds is 8. The van der Waals surface area contributed by atoms with Crippen LogP contribution in [-0.4, -0.2) is 41.6 Å². The van der Waals surface area contributed by atoms with Crippen molar-refractivity contribution >= 4 is 45.1 Å². The van der Waals surface area contributed by atoms with Gasteiger partial charge in [0.2, 0.25) is 5.95 Å². The Bertz CT molecular complexity index is 1380. The molecule has 0 radical (unpaired) electrons. The maximum absolute atomic E-state index is 12.8. The number of aryl methyl sites for hydroxylation is 1. The highest BCUT2D eigenvalue weighted by atomic mass is 35.5. The maximum Gasteiger partial charge on any atom is 0.278 e. The van der Waals surface area contributed by atoms with Gasteiger partial charge < -0.3 is 5.32 Å². The van der Waals surface area contributed by atoms with Crippen LogP contribution in [0.3, 0.4) is 0 Å². The number of halogens is 1. The van der Waals surface area contributed by atoms with Crippen LogP contribution in [0.15, 0.2) is 82.5 Å². The highest BCUT2D eigenvalue weighted by molar-refractivity contribution is 7.92. The third-order valence-corrected chi connectivity index (χ3v) is 6.73. The van der Waals surface area contributed by atoms with Crippen molar-refractivity contribution < 1.29 is 18.0 Å². The molecule has 0 fully saturated rings. The fraction of sp³-hybridized carbons (Fsp3) is 0.130. The topological polar surface area (TPSA) is 121 Å². The van der Waals surface area contributed by atoms with Gasteiger partial charge in [-0.25, -0.2) is 23.1 Å². The summed E-state index contributed by atoms with van der Waals surface area (Å²) in [4.78, 5) is 34.3. The van der Waals surface area contributed by atoms with Crippen molar-refractivity contribution in [3.63, 3.8) is 0 Å². The molecule has 1 aliphatic rings. The summed E-state index contributed by atoms with van der Waals surface area (Å²) >= 11 is 6.14. The Kier molecular flexibility index (Phi) is 6.62. The lowest BCUT2D eigenvalue weighted by Gasteiger charge is -2.15. The van der Waals surface area contributed by atoms with E-state index in [9.17, 15) is 18.0 Å².